The van der Waals surface area contributed by atoms with Gasteiger partial charge in [0.1, 0.15) is 0 Å². The van der Waals surface area contributed by atoms with E-state index in [9.17, 15) is 4.57 Å². The van der Waals surface area contributed by atoms with Crippen molar-refractivity contribution in [2.45, 2.75) is 129 Å². The summed E-state index contributed by atoms with van der Waals surface area (Å²) < 4.78 is 14.9. The van der Waals surface area contributed by atoms with Crippen molar-refractivity contribution < 1.29 is 18.9 Å². The van der Waals surface area contributed by atoms with Crippen LogP contribution >= 0.6 is 7.82 Å². The lowest BCUT2D eigenvalue weighted by Gasteiger charge is -2.05. The summed E-state index contributed by atoms with van der Waals surface area (Å²) in [5.74, 6) is 0. The van der Waals surface area contributed by atoms with Gasteiger partial charge in [0.25, 0.3) is 0 Å². The van der Waals surface area contributed by atoms with Gasteiger partial charge in [-0.3, -0.25) is 4.52 Å². The average Bonchev–Trinajstić information content (AvgIpc) is 2.65. The maximum Gasteiger partial charge on any atom is 0.469 e. The molecule has 5 heteroatoms. The van der Waals surface area contributed by atoms with Gasteiger partial charge in [-0.05, 0) is 32.1 Å². The van der Waals surface area contributed by atoms with Gasteiger partial charge in [0, 0.05) is 0 Å². The van der Waals surface area contributed by atoms with Crippen LogP contribution < -0.4 is 0 Å². The molecule has 0 atom stereocenters. The van der Waals surface area contributed by atoms with Crippen LogP contribution in [0.4, 0.5) is 0 Å². The minimum atomic E-state index is -4.27. The highest BCUT2D eigenvalue weighted by molar-refractivity contribution is 7.46. The number of phosphoric acid groups is 1. The molecule has 0 fully saturated rings. The molecule has 0 heterocycles. The standard InChI is InChI=1S/C23H47O4P/c1-2-3-4-5-6-7-8-9-10-11-12-13-14-15-16-17-18-19-20-21-22-23-27-28(24,25)26/h9-10H,2-8,11-23H2,1H3,(H2,24,25,26)/b10-9-. The Kier molecular flexibility index (Phi) is 21.4. The molecule has 0 aliphatic carbocycles. The van der Waals surface area contributed by atoms with Crippen molar-refractivity contribution in [2.24, 2.45) is 0 Å². The SMILES string of the molecule is CCCCCCCC/C=C\CCCCCCCCCCCCCOP(=O)(O)O. The van der Waals surface area contributed by atoms with Gasteiger partial charge in [0.05, 0.1) is 6.61 Å². The summed E-state index contributed by atoms with van der Waals surface area (Å²) in [5, 5.41) is 0. The number of rotatable bonds is 22. The first-order chi connectivity index (χ1) is 13.6. The summed E-state index contributed by atoms with van der Waals surface area (Å²) in [6.45, 7) is 2.44. The molecule has 0 aromatic heterocycles. The van der Waals surface area contributed by atoms with Gasteiger partial charge in [0.15, 0.2) is 0 Å². The highest BCUT2D eigenvalue weighted by Crippen LogP contribution is 2.35. The summed E-state index contributed by atoms with van der Waals surface area (Å²) in [6.07, 6.45) is 29.1. The Morgan fingerprint density at radius 2 is 0.964 bits per heavy atom. The van der Waals surface area contributed by atoms with Crippen molar-refractivity contribution in [3.05, 3.63) is 12.2 Å². The first-order valence-electron chi connectivity index (χ1n) is 11.9. The van der Waals surface area contributed by atoms with Gasteiger partial charge >= 0.3 is 7.82 Å². The lowest BCUT2D eigenvalue weighted by molar-refractivity contribution is 0.193. The first-order valence-corrected chi connectivity index (χ1v) is 13.4. The Morgan fingerprint density at radius 1 is 0.607 bits per heavy atom. The summed E-state index contributed by atoms with van der Waals surface area (Å²) in [6, 6.07) is 0. The third kappa shape index (κ3) is 25.9. The molecule has 0 aliphatic rings. The summed E-state index contributed by atoms with van der Waals surface area (Å²) in [7, 11) is -4.27. The molecule has 28 heavy (non-hydrogen) atoms. The molecule has 0 radical (unpaired) electrons. The number of hydrogen-bond acceptors (Lipinski definition) is 2. The van der Waals surface area contributed by atoms with Crippen molar-refractivity contribution in [3.8, 4) is 0 Å². The Morgan fingerprint density at radius 3 is 1.36 bits per heavy atom. The van der Waals surface area contributed by atoms with Crippen LogP contribution in [-0.4, -0.2) is 16.4 Å². The van der Waals surface area contributed by atoms with E-state index in [4.69, 9.17) is 9.79 Å². The summed E-state index contributed by atoms with van der Waals surface area (Å²) in [4.78, 5) is 17.1. The third-order valence-corrected chi connectivity index (χ3v) is 5.68. The number of hydrogen-bond donors (Lipinski definition) is 2. The van der Waals surface area contributed by atoms with E-state index in [1.54, 1.807) is 0 Å². The second kappa shape index (κ2) is 21.6. The van der Waals surface area contributed by atoms with Crippen molar-refractivity contribution in [1.29, 1.82) is 0 Å². The van der Waals surface area contributed by atoms with E-state index in [1.165, 1.54) is 103 Å². The molecule has 0 bridgehead atoms. The minimum Gasteiger partial charge on any atom is -0.303 e. The predicted molar refractivity (Wildman–Crippen MR) is 121 cm³/mol. The summed E-state index contributed by atoms with van der Waals surface area (Å²) >= 11 is 0. The zero-order valence-corrected chi connectivity index (χ0v) is 19.3. The molecule has 0 spiro atoms. The van der Waals surface area contributed by atoms with Crippen molar-refractivity contribution in [3.63, 3.8) is 0 Å². The topological polar surface area (TPSA) is 66.8 Å². The third-order valence-electron chi connectivity index (χ3n) is 5.17. The van der Waals surface area contributed by atoms with Crippen LogP contribution in [0.1, 0.15) is 129 Å². The van der Waals surface area contributed by atoms with Crippen LogP contribution in [0.5, 0.6) is 0 Å². The molecular weight excluding hydrogens is 371 g/mol. The second-order valence-electron chi connectivity index (χ2n) is 8.03. The average molecular weight is 419 g/mol. The molecule has 0 aromatic carbocycles. The van der Waals surface area contributed by atoms with Gasteiger partial charge in [-0.25, -0.2) is 4.57 Å². The molecule has 0 unspecified atom stereocenters. The monoisotopic (exact) mass is 418 g/mol. The van der Waals surface area contributed by atoms with Crippen LogP contribution in [0.25, 0.3) is 0 Å². The Balaban J connectivity index is 3.10. The molecule has 0 rings (SSSR count). The number of phosphoric ester groups is 1. The molecule has 168 valence electrons. The summed E-state index contributed by atoms with van der Waals surface area (Å²) in [5.41, 5.74) is 0. The second-order valence-corrected chi connectivity index (χ2v) is 9.27. The van der Waals surface area contributed by atoms with Crippen molar-refractivity contribution in [2.75, 3.05) is 6.61 Å². The fourth-order valence-corrected chi connectivity index (χ4v) is 3.78. The predicted octanol–water partition coefficient (Wildman–Crippen LogP) is 8.08. The van der Waals surface area contributed by atoms with E-state index in [1.807, 2.05) is 0 Å². The molecule has 0 amide bonds. The van der Waals surface area contributed by atoms with E-state index >= 15 is 0 Å². The van der Waals surface area contributed by atoms with Crippen LogP contribution in [0.15, 0.2) is 12.2 Å². The van der Waals surface area contributed by atoms with Crippen molar-refractivity contribution in [1.82, 2.24) is 0 Å². The normalized spacial score (nSPS) is 12.2. The van der Waals surface area contributed by atoms with Crippen molar-refractivity contribution >= 4 is 7.82 Å². The first kappa shape index (κ1) is 27.8. The van der Waals surface area contributed by atoms with Crippen LogP contribution in [0, 0.1) is 0 Å². The molecule has 2 N–H and O–H groups in total. The lowest BCUT2D eigenvalue weighted by atomic mass is 10.0. The Hall–Kier alpha value is -0.150. The van der Waals surface area contributed by atoms with Crippen LogP contribution in [0.2, 0.25) is 0 Å². The highest BCUT2D eigenvalue weighted by Gasteiger charge is 2.12. The molecular formula is C23H47O4P. The maximum atomic E-state index is 10.5. The molecule has 0 saturated heterocycles. The molecule has 4 nitrogen and oxygen atoms in total. The highest BCUT2D eigenvalue weighted by atomic mass is 31.2. The fraction of sp³-hybridized carbons (Fsp3) is 0.913. The van der Waals surface area contributed by atoms with E-state index in [-0.39, 0.29) is 6.61 Å². The molecule has 0 aromatic rings. The molecule has 0 saturated carbocycles. The van der Waals surface area contributed by atoms with E-state index in [0.717, 1.165) is 19.3 Å². The van der Waals surface area contributed by atoms with E-state index < -0.39 is 7.82 Å². The fourth-order valence-electron chi connectivity index (χ4n) is 3.42. The van der Waals surface area contributed by atoms with Gasteiger partial charge in [0.2, 0.25) is 0 Å². The smallest absolute Gasteiger partial charge is 0.303 e. The van der Waals surface area contributed by atoms with E-state index in [2.05, 4.69) is 23.6 Å². The number of unbranched alkanes of at least 4 members (excludes halogenated alkanes) is 17. The van der Waals surface area contributed by atoms with Crippen LogP contribution in [-0.2, 0) is 9.09 Å². The zero-order valence-electron chi connectivity index (χ0n) is 18.5. The van der Waals surface area contributed by atoms with Gasteiger partial charge in [-0.1, -0.05) is 109 Å². The quantitative estimate of drug-likeness (QED) is 0.106. The zero-order chi connectivity index (χ0) is 20.8. The van der Waals surface area contributed by atoms with Gasteiger partial charge < -0.3 is 9.79 Å². The van der Waals surface area contributed by atoms with Gasteiger partial charge in [-0.2, -0.15) is 0 Å². The minimum absolute atomic E-state index is 0.165. The maximum absolute atomic E-state index is 10.5. The van der Waals surface area contributed by atoms with E-state index in [0.29, 0.717) is 0 Å². The Bertz CT molecular complexity index is 379. The molecule has 0 aliphatic heterocycles. The number of allylic oxidation sites excluding steroid dienone is 2. The van der Waals surface area contributed by atoms with Crippen LogP contribution in [0.3, 0.4) is 0 Å². The largest absolute Gasteiger partial charge is 0.469 e. The Labute approximate surface area is 174 Å². The lowest BCUT2D eigenvalue weighted by Crippen LogP contribution is -1.92. The van der Waals surface area contributed by atoms with Gasteiger partial charge in [-0.15, -0.1) is 0 Å².